The van der Waals surface area contributed by atoms with E-state index in [9.17, 15) is 19.2 Å². The summed E-state index contributed by atoms with van der Waals surface area (Å²) in [5.41, 5.74) is 0. The number of carboxylic acids is 4. The Morgan fingerprint density at radius 3 is 0.969 bits per heavy atom. The molecule has 0 saturated carbocycles. The number of carbonyl (C=O) groups is 4. The number of carboxylic acid groups (broad SMARTS) is 4. The first-order valence-electron chi connectivity index (χ1n) is 10.9. The van der Waals surface area contributed by atoms with Crippen LogP contribution in [0.1, 0.15) is 25.7 Å². The molecular formula is C20H36N4O8. The van der Waals surface area contributed by atoms with Crippen LogP contribution in [0.2, 0.25) is 0 Å². The van der Waals surface area contributed by atoms with Crippen molar-refractivity contribution in [3.63, 3.8) is 0 Å². The largest absolute Gasteiger partial charge is 0.481 e. The molecule has 12 nitrogen and oxygen atoms in total. The molecule has 0 atom stereocenters. The Kier molecular flexibility index (Phi) is 13.5. The maximum atomic E-state index is 10.8. The van der Waals surface area contributed by atoms with Gasteiger partial charge in [0, 0.05) is 78.5 Å². The predicted molar refractivity (Wildman–Crippen MR) is 115 cm³/mol. The molecule has 0 amide bonds. The molecule has 1 aliphatic heterocycles. The number of piperazine rings is 1. The van der Waals surface area contributed by atoms with Gasteiger partial charge in [-0.15, -0.1) is 0 Å². The highest BCUT2D eigenvalue weighted by atomic mass is 16.4. The van der Waals surface area contributed by atoms with E-state index in [1.807, 2.05) is 9.80 Å². The van der Waals surface area contributed by atoms with Crippen LogP contribution in [0.15, 0.2) is 0 Å². The lowest BCUT2D eigenvalue weighted by atomic mass is 10.2. The summed E-state index contributed by atoms with van der Waals surface area (Å²) < 4.78 is 0. The highest BCUT2D eigenvalue weighted by Gasteiger charge is 2.19. The lowest BCUT2D eigenvalue weighted by Crippen LogP contribution is -2.50. The van der Waals surface area contributed by atoms with Crippen LogP contribution in [0.5, 0.6) is 0 Å². The number of hydrogen-bond donors (Lipinski definition) is 4. The smallest absolute Gasteiger partial charge is 0.304 e. The van der Waals surface area contributed by atoms with E-state index in [1.54, 1.807) is 0 Å². The van der Waals surface area contributed by atoms with Gasteiger partial charge in [0.1, 0.15) is 0 Å². The van der Waals surface area contributed by atoms with Crippen LogP contribution in [-0.4, -0.2) is 142 Å². The molecule has 0 aromatic heterocycles. The average Bonchev–Trinajstić information content (AvgIpc) is 2.72. The standard InChI is InChI=1S/C20H36N4O8/c25-17(26)1-5-21(6-2-18(27)28)9-11-23-13-15-24(16-14-23)12-10-22(7-3-19(29)30)8-4-20(31)32/h1-16H2,(H,25,26)(H,27,28)(H,29,30)(H,31,32). The third kappa shape index (κ3) is 13.9. The number of hydrogen-bond acceptors (Lipinski definition) is 8. The van der Waals surface area contributed by atoms with Crippen molar-refractivity contribution < 1.29 is 39.6 Å². The van der Waals surface area contributed by atoms with Crippen molar-refractivity contribution in [1.29, 1.82) is 0 Å². The van der Waals surface area contributed by atoms with Crippen molar-refractivity contribution >= 4 is 23.9 Å². The van der Waals surface area contributed by atoms with E-state index >= 15 is 0 Å². The number of aliphatic carboxylic acids is 4. The minimum Gasteiger partial charge on any atom is -0.481 e. The minimum absolute atomic E-state index is 0.0202. The Bertz CT molecular complexity index is 522. The summed E-state index contributed by atoms with van der Waals surface area (Å²) in [5.74, 6) is -3.61. The van der Waals surface area contributed by atoms with Gasteiger partial charge in [0.2, 0.25) is 0 Å². The zero-order chi connectivity index (χ0) is 23.9. The molecule has 1 fully saturated rings. The highest BCUT2D eigenvalue weighted by Crippen LogP contribution is 2.05. The van der Waals surface area contributed by atoms with Gasteiger partial charge in [-0.3, -0.25) is 29.0 Å². The van der Waals surface area contributed by atoms with Crippen molar-refractivity contribution in [2.24, 2.45) is 0 Å². The molecule has 0 radical (unpaired) electrons. The number of nitrogens with zero attached hydrogens (tertiary/aromatic N) is 4. The summed E-state index contributed by atoms with van der Waals surface area (Å²) in [7, 11) is 0. The first-order valence-corrected chi connectivity index (χ1v) is 10.9. The third-order valence-corrected chi connectivity index (χ3v) is 5.50. The van der Waals surface area contributed by atoms with Crippen molar-refractivity contribution in [2.45, 2.75) is 25.7 Å². The minimum atomic E-state index is -0.903. The fourth-order valence-corrected chi connectivity index (χ4v) is 3.49. The molecule has 0 spiro atoms. The second kappa shape index (κ2) is 15.5. The van der Waals surface area contributed by atoms with E-state index in [0.29, 0.717) is 39.3 Å². The van der Waals surface area contributed by atoms with Gasteiger partial charge in [0.25, 0.3) is 0 Å². The Morgan fingerprint density at radius 1 is 0.500 bits per heavy atom. The monoisotopic (exact) mass is 460 g/mol. The van der Waals surface area contributed by atoms with Gasteiger partial charge in [-0.25, -0.2) is 0 Å². The lowest BCUT2D eigenvalue weighted by molar-refractivity contribution is -0.139. The van der Waals surface area contributed by atoms with Crippen molar-refractivity contribution in [3.05, 3.63) is 0 Å². The van der Waals surface area contributed by atoms with Crippen molar-refractivity contribution in [3.8, 4) is 0 Å². The molecule has 0 unspecified atom stereocenters. The molecule has 1 heterocycles. The summed E-state index contributed by atoms with van der Waals surface area (Å²) in [6, 6.07) is 0. The second-order valence-corrected chi connectivity index (χ2v) is 7.94. The maximum Gasteiger partial charge on any atom is 0.304 e. The second-order valence-electron chi connectivity index (χ2n) is 7.94. The Morgan fingerprint density at radius 2 is 0.750 bits per heavy atom. The maximum absolute atomic E-state index is 10.8. The molecule has 12 heteroatoms. The zero-order valence-corrected chi connectivity index (χ0v) is 18.5. The van der Waals surface area contributed by atoms with Crippen LogP contribution in [0.25, 0.3) is 0 Å². The van der Waals surface area contributed by atoms with E-state index in [1.165, 1.54) is 0 Å². The Labute approximate surface area is 188 Å². The molecule has 0 aliphatic carbocycles. The Balaban J connectivity index is 2.36. The molecule has 0 bridgehead atoms. The molecule has 0 aromatic carbocycles. The van der Waals surface area contributed by atoms with E-state index in [2.05, 4.69) is 9.80 Å². The molecule has 32 heavy (non-hydrogen) atoms. The fourth-order valence-electron chi connectivity index (χ4n) is 3.49. The van der Waals surface area contributed by atoms with Gasteiger partial charge in [0.05, 0.1) is 25.7 Å². The molecular weight excluding hydrogens is 424 g/mol. The van der Waals surface area contributed by atoms with Gasteiger partial charge in [-0.1, -0.05) is 0 Å². The summed E-state index contributed by atoms with van der Waals surface area (Å²) >= 11 is 0. The van der Waals surface area contributed by atoms with Crippen molar-refractivity contribution in [1.82, 2.24) is 19.6 Å². The van der Waals surface area contributed by atoms with Crippen LogP contribution in [0.3, 0.4) is 0 Å². The number of rotatable bonds is 18. The Hall–Kier alpha value is -2.28. The zero-order valence-electron chi connectivity index (χ0n) is 18.5. The molecule has 0 aromatic rings. The third-order valence-electron chi connectivity index (χ3n) is 5.50. The normalized spacial score (nSPS) is 15.3. The first-order chi connectivity index (χ1) is 15.2. The summed E-state index contributed by atoms with van der Waals surface area (Å²) in [4.78, 5) is 51.6. The summed E-state index contributed by atoms with van der Waals surface area (Å²) in [5, 5.41) is 35.5. The SMILES string of the molecule is O=C(O)CCN(CCC(=O)O)CCN1CCN(CCN(CCC(=O)O)CCC(=O)O)CC1. The van der Waals surface area contributed by atoms with E-state index in [-0.39, 0.29) is 25.7 Å². The van der Waals surface area contributed by atoms with Gasteiger partial charge in [-0.05, 0) is 0 Å². The van der Waals surface area contributed by atoms with E-state index in [4.69, 9.17) is 20.4 Å². The predicted octanol–water partition coefficient (Wildman–Crippen LogP) is -0.893. The van der Waals surface area contributed by atoms with Gasteiger partial charge >= 0.3 is 23.9 Å². The van der Waals surface area contributed by atoms with Crippen LogP contribution in [-0.2, 0) is 19.2 Å². The topological polar surface area (TPSA) is 162 Å². The quantitative estimate of drug-likeness (QED) is 0.200. The molecule has 1 saturated heterocycles. The molecule has 184 valence electrons. The summed E-state index contributed by atoms with van der Waals surface area (Å²) in [6.07, 6.45) is -0.0807. The highest BCUT2D eigenvalue weighted by molar-refractivity contribution is 5.68. The van der Waals surface area contributed by atoms with E-state index < -0.39 is 23.9 Å². The van der Waals surface area contributed by atoms with Gasteiger partial charge in [-0.2, -0.15) is 0 Å². The average molecular weight is 461 g/mol. The molecule has 4 N–H and O–H groups in total. The van der Waals surface area contributed by atoms with Crippen LogP contribution in [0.4, 0.5) is 0 Å². The molecule has 1 rings (SSSR count). The van der Waals surface area contributed by atoms with E-state index in [0.717, 1.165) is 39.3 Å². The summed E-state index contributed by atoms with van der Waals surface area (Å²) in [6.45, 7) is 7.30. The van der Waals surface area contributed by atoms with Gasteiger partial charge in [0.15, 0.2) is 0 Å². The van der Waals surface area contributed by atoms with Crippen LogP contribution in [0, 0.1) is 0 Å². The van der Waals surface area contributed by atoms with Crippen molar-refractivity contribution in [2.75, 3.05) is 78.5 Å². The first kappa shape index (κ1) is 27.8. The molecule has 1 aliphatic rings. The van der Waals surface area contributed by atoms with Crippen LogP contribution < -0.4 is 0 Å². The van der Waals surface area contributed by atoms with Crippen LogP contribution >= 0.6 is 0 Å². The lowest BCUT2D eigenvalue weighted by Gasteiger charge is -2.36. The fraction of sp³-hybridized carbons (Fsp3) is 0.800. The van der Waals surface area contributed by atoms with Gasteiger partial charge < -0.3 is 30.2 Å².